The molecule has 0 aromatic carbocycles. The first-order valence-electron chi connectivity index (χ1n) is 4.72. The largest absolute Gasteiger partial charge is 0.303 e. The van der Waals surface area contributed by atoms with Crippen LogP contribution in [0.2, 0.25) is 0 Å². The van der Waals surface area contributed by atoms with Crippen molar-refractivity contribution in [3.8, 4) is 0 Å². The van der Waals surface area contributed by atoms with E-state index in [9.17, 15) is 9.59 Å². The second-order valence-electron chi connectivity index (χ2n) is 5.08. The monoisotopic (exact) mass is 198 g/mol. The molecular formula is C12H22O2. The zero-order valence-electron chi connectivity index (χ0n) is 9.96. The van der Waals surface area contributed by atoms with Gasteiger partial charge in [-0.25, -0.2) is 0 Å². The molecule has 0 N–H and O–H groups in total. The minimum atomic E-state index is -0.207. The summed E-state index contributed by atoms with van der Waals surface area (Å²) in [5, 5.41) is 0. The highest BCUT2D eigenvalue weighted by molar-refractivity contribution is 5.58. The smallest absolute Gasteiger partial charge is 0.125 e. The van der Waals surface area contributed by atoms with Gasteiger partial charge in [0.25, 0.3) is 0 Å². The molecule has 0 unspecified atom stereocenters. The van der Waals surface area contributed by atoms with Crippen molar-refractivity contribution in [2.45, 2.75) is 41.0 Å². The second kappa shape index (κ2) is 6.52. The van der Waals surface area contributed by atoms with Crippen molar-refractivity contribution >= 4 is 12.6 Å². The molecule has 0 atom stereocenters. The maximum atomic E-state index is 10.2. The highest BCUT2D eigenvalue weighted by atomic mass is 16.1. The fourth-order valence-electron chi connectivity index (χ4n) is 0.420. The third-order valence-corrected chi connectivity index (χ3v) is 1.34. The van der Waals surface area contributed by atoms with Crippen LogP contribution in [0.3, 0.4) is 0 Å². The number of aldehydes is 2. The normalized spacial score (nSPS) is 10.9. The molecule has 0 rings (SSSR count). The molecule has 2 heteroatoms. The van der Waals surface area contributed by atoms with Crippen molar-refractivity contribution < 1.29 is 9.59 Å². The average molecular weight is 198 g/mol. The van der Waals surface area contributed by atoms with E-state index in [2.05, 4.69) is 6.58 Å². The maximum Gasteiger partial charge on any atom is 0.125 e. The molecule has 0 bridgehead atoms. The van der Waals surface area contributed by atoms with Crippen LogP contribution in [0.1, 0.15) is 41.0 Å². The number of rotatable bonds is 3. The highest BCUT2D eigenvalue weighted by Gasteiger charge is 2.12. The number of hydrogen-bond acceptors (Lipinski definition) is 2. The molecule has 0 aliphatic heterocycles. The van der Waals surface area contributed by atoms with Crippen molar-refractivity contribution in [1.29, 1.82) is 0 Å². The van der Waals surface area contributed by atoms with Crippen LogP contribution in [0.15, 0.2) is 12.7 Å². The van der Waals surface area contributed by atoms with Crippen LogP contribution in [0.5, 0.6) is 0 Å². The van der Waals surface area contributed by atoms with E-state index in [-0.39, 0.29) is 10.8 Å². The Labute approximate surface area is 87.4 Å². The molecule has 0 aromatic rings. The molecule has 82 valence electrons. The molecular weight excluding hydrogens is 176 g/mol. The summed E-state index contributed by atoms with van der Waals surface area (Å²) < 4.78 is 0. The number of hydrogen-bond donors (Lipinski definition) is 0. The zero-order valence-corrected chi connectivity index (χ0v) is 9.96. The predicted molar refractivity (Wildman–Crippen MR) is 60.2 cm³/mol. The van der Waals surface area contributed by atoms with E-state index in [1.54, 1.807) is 6.08 Å². The Bertz CT molecular complexity index is 185. The van der Waals surface area contributed by atoms with Gasteiger partial charge < -0.3 is 9.59 Å². The quantitative estimate of drug-likeness (QED) is 0.516. The SMILES string of the molecule is C=CCC(C)(C)C=O.CC(C)(C)C=O. The minimum Gasteiger partial charge on any atom is -0.303 e. The van der Waals surface area contributed by atoms with Crippen molar-refractivity contribution in [3.05, 3.63) is 12.7 Å². The van der Waals surface area contributed by atoms with Gasteiger partial charge in [-0.05, 0) is 6.42 Å². The summed E-state index contributed by atoms with van der Waals surface area (Å²) in [6.45, 7) is 12.9. The first kappa shape index (κ1) is 15.5. The zero-order chi connectivity index (χ0) is 11.8. The van der Waals surface area contributed by atoms with E-state index in [0.717, 1.165) is 19.0 Å². The summed E-state index contributed by atoms with van der Waals surface area (Å²) in [4.78, 5) is 20.0. The molecule has 2 nitrogen and oxygen atoms in total. The Morgan fingerprint density at radius 2 is 1.36 bits per heavy atom. The molecule has 0 spiro atoms. The number of carbonyl (C=O) groups excluding carboxylic acids is 2. The Kier molecular flexibility index (Phi) is 7.24. The number of allylic oxidation sites excluding steroid dienone is 1. The molecule has 14 heavy (non-hydrogen) atoms. The lowest BCUT2D eigenvalue weighted by Crippen LogP contribution is -2.10. The van der Waals surface area contributed by atoms with Gasteiger partial charge in [-0.3, -0.25) is 0 Å². The maximum absolute atomic E-state index is 10.2. The van der Waals surface area contributed by atoms with Gasteiger partial charge in [-0.2, -0.15) is 0 Å². The molecule has 0 aliphatic rings. The van der Waals surface area contributed by atoms with Crippen LogP contribution in [-0.4, -0.2) is 12.6 Å². The third-order valence-electron chi connectivity index (χ3n) is 1.34. The molecule has 0 fully saturated rings. The van der Waals surface area contributed by atoms with Gasteiger partial charge in [0.2, 0.25) is 0 Å². The van der Waals surface area contributed by atoms with Crippen LogP contribution in [0, 0.1) is 10.8 Å². The first-order chi connectivity index (χ1) is 6.18. The highest BCUT2D eigenvalue weighted by Crippen LogP contribution is 2.15. The lowest BCUT2D eigenvalue weighted by molar-refractivity contribution is -0.114. The third kappa shape index (κ3) is 13.7. The van der Waals surface area contributed by atoms with E-state index in [0.29, 0.717) is 0 Å². The van der Waals surface area contributed by atoms with Crippen LogP contribution in [0.4, 0.5) is 0 Å². The summed E-state index contributed by atoms with van der Waals surface area (Å²) in [6, 6.07) is 0. The van der Waals surface area contributed by atoms with Crippen molar-refractivity contribution in [3.63, 3.8) is 0 Å². The Morgan fingerprint density at radius 1 is 1.00 bits per heavy atom. The number of carbonyl (C=O) groups is 2. The molecule has 0 aliphatic carbocycles. The standard InChI is InChI=1S/C7H12O.C5H10O/c1-4-5-7(2,3)6-8;1-5(2,3)4-6/h4,6H,1,5H2,2-3H3;4H,1-3H3. The van der Waals surface area contributed by atoms with Crippen molar-refractivity contribution in [1.82, 2.24) is 0 Å². The Balaban J connectivity index is 0. The van der Waals surface area contributed by atoms with E-state index in [1.807, 2.05) is 34.6 Å². The molecule has 0 aromatic heterocycles. The lowest BCUT2D eigenvalue weighted by Gasteiger charge is -2.11. The van der Waals surface area contributed by atoms with Gasteiger partial charge in [0, 0.05) is 10.8 Å². The minimum absolute atomic E-state index is 0.139. The summed E-state index contributed by atoms with van der Waals surface area (Å²) in [5.74, 6) is 0. The van der Waals surface area contributed by atoms with E-state index >= 15 is 0 Å². The molecule has 0 saturated heterocycles. The van der Waals surface area contributed by atoms with Crippen molar-refractivity contribution in [2.75, 3.05) is 0 Å². The van der Waals surface area contributed by atoms with E-state index in [1.165, 1.54) is 0 Å². The van der Waals surface area contributed by atoms with E-state index in [4.69, 9.17) is 0 Å². The summed E-state index contributed by atoms with van der Waals surface area (Å²) >= 11 is 0. The summed E-state index contributed by atoms with van der Waals surface area (Å²) in [7, 11) is 0. The summed E-state index contributed by atoms with van der Waals surface area (Å²) in [5.41, 5.74) is -0.345. The van der Waals surface area contributed by atoms with E-state index < -0.39 is 0 Å². The van der Waals surface area contributed by atoms with Crippen molar-refractivity contribution in [2.24, 2.45) is 10.8 Å². The predicted octanol–water partition coefficient (Wildman–Crippen LogP) is 3.02. The molecule has 0 radical (unpaired) electrons. The van der Waals surface area contributed by atoms with Crippen LogP contribution in [-0.2, 0) is 9.59 Å². The van der Waals surface area contributed by atoms with Gasteiger partial charge in [0.05, 0.1) is 0 Å². The Morgan fingerprint density at radius 3 is 1.43 bits per heavy atom. The van der Waals surface area contributed by atoms with Gasteiger partial charge in [-0.15, -0.1) is 6.58 Å². The van der Waals surface area contributed by atoms with Crippen LogP contribution < -0.4 is 0 Å². The fourth-order valence-corrected chi connectivity index (χ4v) is 0.420. The molecule has 0 amide bonds. The first-order valence-corrected chi connectivity index (χ1v) is 4.72. The average Bonchev–Trinajstić information content (AvgIpc) is 2.04. The van der Waals surface area contributed by atoms with Gasteiger partial charge in [0.15, 0.2) is 0 Å². The summed E-state index contributed by atoms with van der Waals surface area (Å²) in [6.07, 6.45) is 4.41. The molecule has 0 heterocycles. The van der Waals surface area contributed by atoms with Gasteiger partial charge in [-0.1, -0.05) is 40.7 Å². The lowest BCUT2D eigenvalue weighted by atomic mass is 9.92. The topological polar surface area (TPSA) is 34.1 Å². The van der Waals surface area contributed by atoms with Crippen LogP contribution in [0.25, 0.3) is 0 Å². The second-order valence-corrected chi connectivity index (χ2v) is 5.08. The van der Waals surface area contributed by atoms with Gasteiger partial charge in [0.1, 0.15) is 12.6 Å². The van der Waals surface area contributed by atoms with Gasteiger partial charge >= 0.3 is 0 Å². The Hall–Kier alpha value is -0.920. The van der Waals surface area contributed by atoms with Crippen LogP contribution >= 0.6 is 0 Å². The molecule has 0 saturated carbocycles. The fraction of sp³-hybridized carbons (Fsp3) is 0.667.